The van der Waals surface area contributed by atoms with Crippen molar-refractivity contribution in [2.45, 2.75) is 19.9 Å². The number of aromatic nitrogens is 1. The fourth-order valence-corrected chi connectivity index (χ4v) is 1.03. The predicted octanol–water partition coefficient (Wildman–Crippen LogP) is 0.802. The molecule has 0 saturated carbocycles. The van der Waals surface area contributed by atoms with Crippen LogP contribution in [0.2, 0.25) is 0 Å². The third-order valence-corrected chi connectivity index (χ3v) is 1.88. The van der Waals surface area contributed by atoms with Gasteiger partial charge < -0.3 is 9.67 Å². The van der Waals surface area contributed by atoms with E-state index in [1.807, 2.05) is 0 Å². The number of nitrogens with zero attached hydrogens (tertiary/aromatic N) is 1. The summed E-state index contributed by atoms with van der Waals surface area (Å²) in [5.41, 5.74) is 0.550. The first kappa shape index (κ1) is 9.51. The third-order valence-electron chi connectivity index (χ3n) is 1.88. The van der Waals surface area contributed by atoms with Gasteiger partial charge in [-0.05, 0) is 25.5 Å². The second-order valence-electron chi connectivity index (χ2n) is 2.96. The monoisotopic (exact) mass is 181 g/mol. The van der Waals surface area contributed by atoms with Crippen molar-refractivity contribution >= 4 is 5.97 Å². The van der Waals surface area contributed by atoms with E-state index in [0.717, 1.165) is 5.56 Å². The highest BCUT2D eigenvalue weighted by atomic mass is 16.4. The molecule has 1 aromatic rings. The third kappa shape index (κ3) is 1.96. The van der Waals surface area contributed by atoms with Crippen molar-refractivity contribution in [1.82, 2.24) is 4.57 Å². The lowest BCUT2D eigenvalue weighted by Crippen LogP contribution is -2.26. The molecule has 0 radical (unpaired) electrons. The van der Waals surface area contributed by atoms with Crippen LogP contribution in [0.15, 0.2) is 23.1 Å². The van der Waals surface area contributed by atoms with Crippen LogP contribution in [0.5, 0.6) is 0 Å². The SMILES string of the molecule is Cc1ccn(C(C)C(=O)O)c(=O)c1. The predicted molar refractivity (Wildman–Crippen MR) is 47.8 cm³/mol. The fourth-order valence-electron chi connectivity index (χ4n) is 1.03. The van der Waals surface area contributed by atoms with Gasteiger partial charge in [0, 0.05) is 12.3 Å². The first-order chi connectivity index (χ1) is 6.02. The van der Waals surface area contributed by atoms with E-state index < -0.39 is 12.0 Å². The molecule has 13 heavy (non-hydrogen) atoms. The van der Waals surface area contributed by atoms with Gasteiger partial charge in [0.2, 0.25) is 0 Å². The smallest absolute Gasteiger partial charge is 0.326 e. The number of hydrogen-bond acceptors (Lipinski definition) is 2. The number of hydrogen-bond donors (Lipinski definition) is 1. The summed E-state index contributed by atoms with van der Waals surface area (Å²) in [7, 11) is 0. The lowest BCUT2D eigenvalue weighted by molar-refractivity contribution is -0.140. The Labute approximate surface area is 75.4 Å². The van der Waals surface area contributed by atoms with Gasteiger partial charge in [0.15, 0.2) is 0 Å². The van der Waals surface area contributed by atoms with Crippen LogP contribution in [0.4, 0.5) is 0 Å². The normalized spacial score (nSPS) is 12.5. The van der Waals surface area contributed by atoms with Crippen molar-refractivity contribution in [1.29, 1.82) is 0 Å². The summed E-state index contributed by atoms with van der Waals surface area (Å²) in [4.78, 5) is 21.9. The summed E-state index contributed by atoms with van der Waals surface area (Å²) >= 11 is 0. The average molecular weight is 181 g/mol. The summed E-state index contributed by atoms with van der Waals surface area (Å²) in [6, 6.07) is 2.31. The minimum Gasteiger partial charge on any atom is -0.480 e. The number of rotatable bonds is 2. The molecule has 0 spiro atoms. The lowest BCUT2D eigenvalue weighted by Gasteiger charge is -2.09. The first-order valence-electron chi connectivity index (χ1n) is 3.94. The van der Waals surface area contributed by atoms with E-state index in [9.17, 15) is 9.59 Å². The molecule has 0 saturated heterocycles. The Morgan fingerprint density at radius 3 is 2.69 bits per heavy atom. The minimum absolute atomic E-state index is 0.282. The van der Waals surface area contributed by atoms with Crippen LogP contribution in [0, 0.1) is 6.92 Å². The lowest BCUT2D eigenvalue weighted by atomic mass is 10.2. The van der Waals surface area contributed by atoms with Crippen LogP contribution in [0.3, 0.4) is 0 Å². The van der Waals surface area contributed by atoms with Gasteiger partial charge in [0.1, 0.15) is 6.04 Å². The van der Waals surface area contributed by atoms with Crippen LogP contribution >= 0.6 is 0 Å². The second-order valence-corrected chi connectivity index (χ2v) is 2.96. The maximum Gasteiger partial charge on any atom is 0.326 e. The summed E-state index contributed by atoms with van der Waals surface area (Å²) < 4.78 is 1.19. The number of carbonyl (C=O) groups is 1. The molecule has 1 unspecified atom stereocenters. The van der Waals surface area contributed by atoms with Gasteiger partial charge in [0.25, 0.3) is 5.56 Å². The summed E-state index contributed by atoms with van der Waals surface area (Å²) in [6.45, 7) is 3.26. The topological polar surface area (TPSA) is 59.3 Å². The molecule has 0 fully saturated rings. The number of carboxylic acid groups (broad SMARTS) is 1. The Balaban J connectivity index is 3.16. The summed E-state index contributed by atoms with van der Waals surface area (Å²) in [5.74, 6) is -1.01. The van der Waals surface area contributed by atoms with E-state index in [2.05, 4.69) is 0 Å². The first-order valence-corrected chi connectivity index (χ1v) is 3.94. The van der Waals surface area contributed by atoms with Crippen LogP contribution in [-0.2, 0) is 4.79 Å². The Bertz CT molecular complexity index is 381. The molecule has 4 nitrogen and oxygen atoms in total. The molecule has 1 rings (SSSR count). The van der Waals surface area contributed by atoms with Gasteiger partial charge in [-0.2, -0.15) is 0 Å². The van der Waals surface area contributed by atoms with E-state index in [1.165, 1.54) is 23.8 Å². The van der Waals surface area contributed by atoms with Gasteiger partial charge in [-0.15, -0.1) is 0 Å². The highest BCUT2D eigenvalue weighted by Crippen LogP contribution is 2.02. The molecule has 0 aromatic carbocycles. The van der Waals surface area contributed by atoms with Crippen LogP contribution in [0.1, 0.15) is 18.5 Å². The molecule has 4 heteroatoms. The minimum atomic E-state index is -1.01. The van der Waals surface area contributed by atoms with Crippen molar-refractivity contribution < 1.29 is 9.90 Å². The number of pyridine rings is 1. The zero-order valence-electron chi connectivity index (χ0n) is 7.52. The Morgan fingerprint density at radius 1 is 1.62 bits per heavy atom. The maximum absolute atomic E-state index is 11.3. The zero-order chi connectivity index (χ0) is 10.0. The zero-order valence-corrected chi connectivity index (χ0v) is 7.52. The molecule has 0 aliphatic carbocycles. The standard InChI is InChI=1S/C9H11NO3/c1-6-3-4-10(8(11)5-6)7(2)9(12)13/h3-5,7H,1-2H3,(H,12,13). The Kier molecular flexibility index (Phi) is 2.51. The molecule has 1 aromatic heterocycles. The van der Waals surface area contributed by atoms with E-state index in [-0.39, 0.29) is 5.56 Å². The highest BCUT2D eigenvalue weighted by Gasteiger charge is 2.13. The molecule has 1 atom stereocenters. The average Bonchev–Trinajstić information content (AvgIpc) is 2.03. The molecular weight excluding hydrogens is 170 g/mol. The van der Waals surface area contributed by atoms with E-state index in [4.69, 9.17) is 5.11 Å². The largest absolute Gasteiger partial charge is 0.480 e. The molecule has 0 aliphatic heterocycles. The molecule has 1 N–H and O–H groups in total. The van der Waals surface area contributed by atoms with Gasteiger partial charge >= 0.3 is 5.97 Å². The summed E-state index contributed by atoms with van der Waals surface area (Å²) in [5, 5.41) is 8.67. The van der Waals surface area contributed by atoms with Crippen molar-refractivity contribution in [2.75, 3.05) is 0 Å². The quantitative estimate of drug-likeness (QED) is 0.734. The number of carboxylic acids is 1. The second kappa shape index (κ2) is 3.43. The number of aryl methyl sites for hydroxylation is 1. The number of aliphatic carboxylic acids is 1. The highest BCUT2D eigenvalue weighted by molar-refractivity contribution is 5.71. The maximum atomic E-state index is 11.3. The van der Waals surface area contributed by atoms with Crippen molar-refractivity contribution in [3.8, 4) is 0 Å². The van der Waals surface area contributed by atoms with Gasteiger partial charge in [-0.3, -0.25) is 4.79 Å². The van der Waals surface area contributed by atoms with E-state index in [0.29, 0.717) is 0 Å². The molecule has 70 valence electrons. The van der Waals surface area contributed by atoms with Crippen molar-refractivity contribution in [3.05, 3.63) is 34.2 Å². The fraction of sp³-hybridized carbons (Fsp3) is 0.333. The van der Waals surface area contributed by atoms with Crippen molar-refractivity contribution in [2.24, 2.45) is 0 Å². The Morgan fingerprint density at radius 2 is 2.23 bits per heavy atom. The molecular formula is C9H11NO3. The van der Waals surface area contributed by atoms with Crippen LogP contribution in [-0.4, -0.2) is 15.6 Å². The van der Waals surface area contributed by atoms with Gasteiger partial charge in [0.05, 0.1) is 0 Å². The van der Waals surface area contributed by atoms with Gasteiger partial charge in [-0.1, -0.05) is 0 Å². The Hall–Kier alpha value is -1.58. The molecule has 0 amide bonds. The van der Waals surface area contributed by atoms with Crippen LogP contribution in [0.25, 0.3) is 0 Å². The van der Waals surface area contributed by atoms with Crippen LogP contribution < -0.4 is 5.56 Å². The van der Waals surface area contributed by atoms with Crippen molar-refractivity contribution in [3.63, 3.8) is 0 Å². The van der Waals surface area contributed by atoms with E-state index in [1.54, 1.807) is 13.0 Å². The summed E-state index contributed by atoms with van der Waals surface area (Å²) in [6.07, 6.45) is 1.50. The molecule has 0 aliphatic rings. The van der Waals surface area contributed by atoms with E-state index >= 15 is 0 Å². The molecule has 1 heterocycles. The molecule has 0 bridgehead atoms. The van der Waals surface area contributed by atoms with Gasteiger partial charge in [-0.25, -0.2) is 4.79 Å².